The van der Waals surface area contributed by atoms with Gasteiger partial charge in [0, 0.05) is 11.1 Å². The summed E-state index contributed by atoms with van der Waals surface area (Å²) >= 11 is 21.1. The van der Waals surface area contributed by atoms with Crippen molar-refractivity contribution < 1.29 is 4.74 Å². The Hall–Kier alpha value is 0.747. The van der Waals surface area contributed by atoms with Crippen LogP contribution < -0.4 is 0 Å². The minimum Gasteiger partial charge on any atom is -0.378 e. The molecule has 0 amide bonds. The molecule has 0 aromatic heterocycles. The van der Waals surface area contributed by atoms with Crippen molar-refractivity contribution in [2.45, 2.75) is 50.2 Å². The zero-order chi connectivity index (χ0) is 15.3. The molecule has 6 heteroatoms. The summed E-state index contributed by atoms with van der Waals surface area (Å²) < 4.78 is 7.06. The summed E-state index contributed by atoms with van der Waals surface area (Å²) in [7, 11) is 0. The SMILES string of the molecule is Cl[Si](Cl)(Cl)CCCO[C@H]1CC[C@H](c2ccc(Br)cc2)CC1. The maximum atomic E-state index is 5.92. The Balaban J connectivity index is 1.67. The zero-order valence-corrected chi connectivity index (χ0v) is 16.7. The van der Waals surface area contributed by atoms with Crippen LogP contribution in [0.3, 0.4) is 0 Å². The van der Waals surface area contributed by atoms with E-state index in [1.807, 2.05) is 0 Å². The van der Waals surface area contributed by atoms with E-state index in [0.29, 0.717) is 24.7 Å². The third-order valence-corrected chi connectivity index (χ3v) is 7.12. The maximum absolute atomic E-state index is 5.92. The van der Waals surface area contributed by atoms with E-state index in [2.05, 4.69) is 40.2 Å². The zero-order valence-electron chi connectivity index (χ0n) is 11.8. The van der Waals surface area contributed by atoms with Crippen molar-refractivity contribution >= 4 is 55.2 Å². The molecule has 0 aliphatic heterocycles. The summed E-state index contributed by atoms with van der Waals surface area (Å²) in [4.78, 5) is 0. The van der Waals surface area contributed by atoms with Gasteiger partial charge >= 0.3 is 6.00 Å². The van der Waals surface area contributed by atoms with E-state index in [4.69, 9.17) is 38.0 Å². The van der Waals surface area contributed by atoms with Crippen molar-refractivity contribution in [3.05, 3.63) is 34.3 Å². The van der Waals surface area contributed by atoms with Gasteiger partial charge in [-0.3, -0.25) is 0 Å². The van der Waals surface area contributed by atoms with Gasteiger partial charge in [-0.25, -0.2) is 0 Å². The van der Waals surface area contributed by atoms with Gasteiger partial charge in [-0.2, -0.15) is 0 Å². The van der Waals surface area contributed by atoms with Crippen LogP contribution in [0.25, 0.3) is 0 Å². The number of hydrogen-bond donors (Lipinski definition) is 0. The Kier molecular flexibility index (Phi) is 7.37. The highest BCUT2D eigenvalue weighted by atomic mass is 79.9. The van der Waals surface area contributed by atoms with Crippen LogP contribution in [0.2, 0.25) is 6.04 Å². The van der Waals surface area contributed by atoms with Crippen molar-refractivity contribution in [1.82, 2.24) is 0 Å². The second-order valence-electron chi connectivity index (χ2n) is 5.61. The smallest absolute Gasteiger partial charge is 0.341 e. The van der Waals surface area contributed by atoms with Crippen LogP contribution in [-0.2, 0) is 4.74 Å². The van der Waals surface area contributed by atoms with Gasteiger partial charge in [0.1, 0.15) is 0 Å². The first-order chi connectivity index (χ1) is 9.94. The fourth-order valence-electron chi connectivity index (χ4n) is 2.82. The first-order valence-electron chi connectivity index (χ1n) is 7.38. The third-order valence-electron chi connectivity index (χ3n) is 3.97. The van der Waals surface area contributed by atoms with Gasteiger partial charge in [-0.1, -0.05) is 28.1 Å². The minimum absolute atomic E-state index is 0.383. The number of benzene rings is 1. The predicted molar refractivity (Wildman–Crippen MR) is 97.8 cm³/mol. The summed E-state index contributed by atoms with van der Waals surface area (Å²) in [5.41, 5.74) is 1.44. The summed E-state index contributed by atoms with van der Waals surface area (Å²) in [6.45, 7) is 0.717. The number of rotatable bonds is 6. The van der Waals surface area contributed by atoms with Gasteiger partial charge in [0.05, 0.1) is 6.10 Å². The fraction of sp³-hybridized carbons (Fsp3) is 0.600. The lowest BCUT2D eigenvalue weighted by Gasteiger charge is -2.29. The molecule has 1 aliphatic rings. The molecule has 1 saturated carbocycles. The van der Waals surface area contributed by atoms with Crippen LogP contribution in [0.1, 0.15) is 43.6 Å². The van der Waals surface area contributed by atoms with Crippen molar-refractivity contribution in [3.63, 3.8) is 0 Å². The molecule has 118 valence electrons. The summed E-state index contributed by atoms with van der Waals surface area (Å²) in [5, 5.41) is 0. The molecule has 1 aliphatic carbocycles. The van der Waals surface area contributed by atoms with Crippen molar-refractivity contribution in [1.29, 1.82) is 0 Å². The third kappa shape index (κ3) is 6.80. The Labute approximate surface area is 150 Å². The highest BCUT2D eigenvalue weighted by Gasteiger charge is 2.25. The fourth-order valence-corrected chi connectivity index (χ4v) is 4.83. The molecule has 0 atom stereocenters. The maximum Gasteiger partial charge on any atom is 0.341 e. The van der Waals surface area contributed by atoms with E-state index in [1.54, 1.807) is 0 Å². The second-order valence-corrected chi connectivity index (χ2v) is 15.8. The molecule has 0 radical (unpaired) electrons. The highest BCUT2D eigenvalue weighted by Crippen LogP contribution is 2.34. The largest absolute Gasteiger partial charge is 0.378 e. The average Bonchev–Trinajstić information content (AvgIpc) is 2.44. The summed E-state index contributed by atoms with van der Waals surface area (Å²) in [5.74, 6) is 0.673. The summed E-state index contributed by atoms with van der Waals surface area (Å²) in [6, 6.07) is 6.91. The molecule has 0 spiro atoms. The molecule has 1 fully saturated rings. The summed E-state index contributed by atoms with van der Waals surface area (Å²) in [6.07, 6.45) is 5.90. The molecule has 0 unspecified atom stereocenters. The molecule has 0 N–H and O–H groups in total. The molecule has 0 heterocycles. The van der Waals surface area contributed by atoms with Crippen LogP contribution in [0.5, 0.6) is 0 Å². The molecular weight excluding hydrogens is 411 g/mol. The molecular formula is C15H20BrCl3OSi. The first kappa shape index (κ1) is 18.1. The minimum atomic E-state index is -2.47. The number of hydrogen-bond acceptors (Lipinski definition) is 1. The Morgan fingerprint density at radius 2 is 1.67 bits per heavy atom. The average molecular weight is 431 g/mol. The molecule has 1 aromatic carbocycles. The van der Waals surface area contributed by atoms with Gasteiger partial charge in [0.15, 0.2) is 0 Å². The molecule has 0 saturated heterocycles. The van der Waals surface area contributed by atoms with Crippen molar-refractivity contribution in [3.8, 4) is 0 Å². The molecule has 2 rings (SSSR count). The molecule has 1 nitrogen and oxygen atoms in total. The van der Waals surface area contributed by atoms with Crippen LogP contribution >= 0.6 is 49.2 Å². The lowest BCUT2D eigenvalue weighted by molar-refractivity contribution is 0.0251. The standard InChI is InChI=1S/C15H20BrCl3OSi/c16-14-6-2-12(3-7-14)13-4-8-15(9-5-13)20-10-1-11-21(17,18)19/h2-3,6-7,13,15H,1,4-5,8-11H2/t13-,15-. The quantitative estimate of drug-likeness (QED) is 0.283. The normalized spacial score (nSPS) is 23.2. The monoisotopic (exact) mass is 428 g/mol. The number of ether oxygens (including phenoxy) is 1. The van der Waals surface area contributed by atoms with Gasteiger partial charge in [0.25, 0.3) is 0 Å². The van der Waals surface area contributed by atoms with Crippen molar-refractivity contribution in [2.75, 3.05) is 6.61 Å². The van der Waals surface area contributed by atoms with Gasteiger partial charge in [-0.15, -0.1) is 33.2 Å². The Morgan fingerprint density at radius 1 is 1.05 bits per heavy atom. The van der Waals surface area contributed by atoms with E-state index in [-0.39, 0.29) is 0 Å². The molecule has 21 heavy (non-hydrogen) atoms. The van der Waals surface area contributed by atoms with E-state index in [0.717, 1.165) is 23.7 Å². The lowest BCUT2D eigenvalue weighted by Crippen LogP contribution is -2.22. The molecule has 0 bridgehead atoms. The number of halogens is 4. The van der Waals surface area contributed by atoms with Crippen LogP contribution in [0.15, 0.2) is 28.7 Å². The van der Waals surface area contributed by atoms with E-state index in [1.165, 1.54) is 18.4 Å². The molecule has 1 aromatic rings. The lowest BCUT2D eigenvalue weighted by atomic mass is 9.83. The highest BCUT2D eigenvalue weighted by molar-refractivity contribution is 9.10. The van der Waals surface area contributed by atoms with Crippen LogP contribution in [0, 0.1) is 0 Å². The van der Waals surface area contributed by atoms with Gasteiger partial charge in [0.2, 0.25) is 0 Å². The van der Waals surface area contributed by atoms with E-state index < -0.39 is 6.00 Å². The Morgan fingerprint density at radius 3 is 2.24 bits per heavy atom. The Bertz CT molecular complexity index is 428. The van der Waals surface area contributed by atoms with Gasteiger partial charge in [-0.05, 0) is 61.8 Å². The topological polar surface area (TPSA) is 9.23 Å². The predicted octanol–water partition coefficient (Wildman–Crippen LogP) is 6.54. The van der Waals surface area contributed by atoms with E-state index >= 15 is 0 Å². The van der Waals surface area contributed by atoms with Crippen LogP contribution in [0.4, 0.5) is 0 Å². The van der Waals surface area contributed by atoms with Gasteiger partial charge < -0.3 is 4.74 Å². The van der Waals surface area contributed by atoms with Crippen molar-refractivity contribution in [2.24, 2.45) is 0 Å². The first-order valence-corrected chi connectivity index (χ1v) is 13.4. The van der Waals surface area contributed by atoms with E-state index in [9.17, 15) is 0 Å². The second kappa shape index (κ2) is 8.56. The van der Waals surface area contributed by atoms with Crippen LogP contribution in [-0.4, -0.2) is 18.7 Å².